The van der Waals surface area contributed by atoms with Crippen LogP contribution in [0.15, 0.2) is 10.5 Å². The van der Waals surface area contributed by atoms with Gasteiger partial charge in [-0.2, -0.15) is 0 Å². The van der Waals surface area contributed by atoms with Gasteiger partial charge >= 0.3 is 0 Å². The van der Waals surface area contributed by atoms with Crippen molar-refractivity contribution in [1.29, 1.82) is 0 Å². The van der Waals surface area contributed by atoms with Crippen LogP contribution in [0.2, 0.25) is 0 Å². The van der Waals surface area contributed by atoms with Crippen molar-refractivity contribution in [3.8, 4) is 0 Å². The van der Waals surface area contributed by atoms with Gasteiger partial charge in [0.2, 0.25) is 0 Å². The largest absolute Gasteiger partial charge is 0.466 e. The lowest BCUT2D eigenvalue weighted by atomic mass is 10.0. The molecule has 1 saturated carbocycles. The van der Waals surface area contributed by atoms with E-state index in [-0.39, 0.29) is 5.91 Å². The van der Waals surface area contributed by atoms with E-state index in [0.29, 0.717) is 6.04 Å². The Morgan fingerprint density at radius 2 is 1.76 bits per heavy atom. The summed E-state index contributed by atoms with van der Waals surface area (Å²) in [6.45, 7) is 5.47. The van der Waals surface area contributed by atoms with Crippen LogP contribution in [0.3, 0.4) is 0 Å². The topological polar surface area (TPSA) is 45.5 Å². The van der Waals surface area contributed by atoms with Gasteiger partial charge in [0, 0.05) is 25.2 Å². The Balaban J connectivity index is 1.53. The molecule has 1 amide bonds. The van der Waals surface area contributed by atoms with Gasteiger partial charge in [0.1, 0.15) is 11.5 Å². The van der Waals surface area contributed by atoms with Crippen LogP contribution in [0.5, 0.6) is 0 Å². The minimum absolute atomic E-state index is 0.128. The first-order valence-corrected chi connectivity index (χ1v) is 8.26. The molecule has 2 fully saturated rings. The third-order valence-corrected chi connectivity index (χ3v) is 4.88. The molecule has 1 aromatic heterocycles. The number of amides is 1. The van der Waals surface area contributed by atoms with Crippen LogP contribution in [0.25, 0.3) is 0 Å². The van der Waals surface area contributed by atoms with Crippen molar-refractivity contribution in [2.24, 2.45) is 0 Å². The van der Waals surface area contributed by atoms with Crippen molar-refractivity contribution in [2.75, 3.05) is 13.1 Å². The highest BCUT2D eigenvalue weighted by Crippen LogP contribution is 2.22. The number of nitrogens with zero attached hydrogens (tertiary/aromatic N) is 1. The average molecular weight is 290 g/mol. The van der Waals surface area contributed by atoms with Crippen LogP contribution < -0.4 is 5.32 Å². The highest BCUT2D eigenvalue weighted by atomic mass is 16.3. The van der Waals surface area contributed by atoms with Crippen LogP contribution in [0.4, 0.5) is 0 Å². The second-order valence-electron chi connectivity index (χ2n) is 6.54. The van der Waals surface area contributed by atoms with Crippen molar-refractivity contribution in [2.45, 2.75) is 64.5 Å². The van der Waals surface area contributed by atoms with Crippen molar-refractivity contribution >= 4 is 5.91 Å². The maximum Gasteiger partial charge on any atom is 0.257 e. The lowest BCUT2D eigenvalue weighted by Gasteiger charge is -2.34. The Labute approximate surface area is 126 Å². The second-order valence-corrected chi connectivity index (χ2v) is 6.54. The van der Waals surface area contributed by atoms with Crippen LogP contribution in [0.1, 0.15) is 60.4 Å². The van der Waals surface area contributed by atoms with E-state index in [1.165, 1.54) is 25.7 Å². The van der Waals surface area contributed by atoms with Crippen molar-refractivity contribution < 1.29 is 9.21 Å². The number of hydrogen-bond donors (Lipinski definition) is 1. The predicted octanol–water partition coefficient (Wildman–Crippen LogP) is 3.03. The molecule has 21 heavy (non-hydrogen) atoms. The average Bonchev–Trinajstić information content (AvgIpc) is 3.08. The number of carbonyl (C=O) groups is 1. The number of furan rings is 1. The molecule has 0 aromatic carbocycles. The molecule has 3 rings (SSSR count). The van der Waals surface area contributed by atoms with Gasteiger partial charge in [-0.3, -0.25) is 4.79 Å². The quantitative estimate of drug-likeness (QED) is 0.930. The van der Waals surface area contributed by atoms with E-state index in [2.05, 4.69) is 5.32 Å². The lowest BCUT2D eigenvalue weighted by Crippen LogP contribution is -2.47. The highest BCUT2D eigenvalue weighted by molar-refractivity contribution is 5.95. The first-order valence-electron chi connectivity index (χ1n) is 8.26. The van der Waals surface area contributed by atoms with Gasteiger partial charge < -0.3 is 14.6 Å². The van der Waals surface area contributed by atoms with E-state index < -0.39 is 0 Å². The van der Waals surface area contributed by atoms with E-state index in [1.54, 1.807) is 0 Å². The molecule has 2 heterocycles. The maximum absolute atomic E-state index is 12.5. The molecule has 1 aromatic rings. The number of piperidine rings is 1. The van der Waals surface area contributed by atoms with Crippen LogP contribution in [0, 0.1) is 13.8 Å². The molecule has 1 aliphatic heterocycles. The van der Waals surface area contributed by atoms with Crippen molar-refractivity contribution in [1.82, 2.24) is 10.2 Å². The predicted molar refractivity (Wildman–Crippen MR) is 82.5 cm³/mol. The van der Waals surface area contributed by atoms with Gasteiger partial charge in [-0.15, -0.1) is 0 Å². The van der Waals surface area contributed by atoms with E-state index >= 15 is 0 Å². The molecule has 1 aliphatic carbocycles. The molecule has 0 atom stereocenters. The Morgan fingerprint density at radius 3 is 2.33 bits per heavy atom. The SMILES string of the molecule is Cc1cc(C(=O)N2CCC(NC3CCCC3)CC2)c(C)o1. The van der Waals surface area contributed by atoms with E-state index in [9.17, 15) is 4.79 Å². The van der Waals surface area contributed by atoms with Crippen LogP contribution >= 0.6 is 0 Å². The van der Waals surface area contributed by atoms with Gasteiger partial charge in [-0.05, 0) is 45.6 Å². The second kappa shape index (κ2) is 6.22. The molecule has 1 saturated heterocycles. The number of nitrogens with one attached hydrogen (secondary N) is 1. The van der Waals surface area contributed by atoms with Gasteiger partial charge in [-0.25, -0.2) is 0 Å². The Bertz CT molecular complexity index is 495. The third-order valence-electron chi connectivity index (χ3n) is 4.88. The summed E-state index contributed by atoms with van der Waals surface area (Å²) in [4.78, 5) is 14.5. The molecule has 4 nitrogen and oxygen atoms in total. The minimum Gasteiger partial charge on any atom is -0.466 e. The Kier molecular flexibility index (Phi) is 4.34. The molecule has 0 spiro atoms. The van der Waals surface area contributed by atoms with Crippen LogP contribution in [-0.4, -0.2) is 36.0 Å². The summed E-state index contributed by atoms with van der Waals surface area (Å²) >= 11 is 0. The summed E-state index contributed by atoms with van der Waals surface area (Å²) in [6, 6.07) is 3.17. The van der Waals surface area contributed by atoms with Gasteiger partial charge in [0.05, 0.1) is 5.56 Å². The van der Waals surface area contributed by atoms with E-state index in [1.807, 2.05) is 24.8 Å². The van der Waals surface area contributed by atoms with Gasteiger partial charge in [-0.1, -0.05) is 12.8 Å². The summed E-state index contributed by atoms with van der Waals surface area (Å²) < 4.78 is 5.48. The molecule has 0 bridgehead atoms. The molecule has 2 aliphatic rings. The number of hydrogen-bond acceptors (Lipinski definition) is 3. The third kappa shape index (κ3) is 3.31. The zero-order valence-corrected chi connectivity index (χ0v) is 13.2. The zero-order chi connectivity index (χ0) is 14.8. The smallest absolute Gasteiger partial charge is 0.257 e. The Morgan fingerprint density at radius 1 is 1.14 bits per heavy atom. The van der Waals surface area contributed by atoms with Crippen LogP contribution in [-0.2, 0) is 0 Å². The first kappa shape index (κ1) is 14.6. The molecule has 0 radical (unpaired) electrons. The molecular formula is C17H26N2O2. The number of rotatable bonds is 3. The Hall–Kier alpha value is -1.29. The molecule has 116 valence electrons. The first-order chi connectivity index (χ1) is 10.1. The fraction of sp³-hybridized carbons (Fsp3) is 0.706. The number of likely N-dealkylation sites (tertiary alicyclic amines) is 1. The lowest BCUT2D eigenvalue weighted by molar-refractivity contribution is 0.0700. The molecule has 4 heteroatoms. The summed E-state index contributed by atoms with van der Waals surface area (Å²) in [5.74, 6) is 1.68. The number of carbonyl (C=O) groups excluding carboxylic acids is 1. The van der Waals surface area contributed by atoms with E-state index in [0.717, 1.165) is 49.1 Å². The fourth-order valence-corrected chi connectivity index (χ4v) is 3.69. The molecular weight excluding hydrogens is 264 g/mol. The summed E-state index contributed by atoms with van der Waals surface area (Å²) in [5, 5.41) is 3.78. The fourth-order valence-electron chi connectivity index (χ4n) is 3.69. The zero-order valence-electron chi connectivity index (χ0n) is 13.2. The summed E-state index contributed by atoms with van der Waals surface area (Å²) in [6.07, 6.45) is 7.53. The normalized spacial score (nSPS) is 21.1. The van der Waals surface area contributed by atoms with Gasteiger partial charge in [0.15, 0.2) is 0 Å². The van der Waals surface area contributed by atoms with Crippen molar-refractivity contribution in [3.63, 3.8) is 0 Å². The maximum atomic E-state index is 12.5. The van der Waals surface area contributed by atoms with Gasteiger partial charge in [0.25, 0.3) is 5.91 Å². The summed E-state index contributed by atoms with van der Waals surface area (Å²) in [5.41, 5.74) is 0.731. The molecule has 0 unspecified atom stereocenters. The summed E-state index contributed by atoms with van der Waals surface area (Å²) in [7, 11) is 0. The van der Waals surface area contributed by atoms with Crippen molar-refractivity contribution in [3.05, 3.63) is 23.2 Å². The number of aryl methyl sites for hydroxylation is 2. The standard InChI is InChI=1S/C17H26N2O2/c1-12-11-16(13(2)21-12)17(20)19-9-7-15(8-10-19)18-14-5-3-4-6-14/h11,14-15,18H,3-10H2,1-2H3. The minimum atomic E-state index is 0.128. The highest BCUT2D eigenvalue weighted by Gasteiger charge is 2.27. The monoisotopic (exact) mass is 290 g/mol. The molecule has 1 N–H and O–H groups in total. The van der Waals surface area contributed by atoms with E-state index in [4.69, 9.17) is 4.42 Å².